The van der Waals surface area contributed by atoms with E-state index in [9.17, 15) is 5.11 Å². The zero-order valence-corrected chi connectivity index (χ0v) is 7.24. The number of rotatable bonds is 1. The lowest BCUT2D eigenvalue weighted by Gasteiger charge is -2.37. The molecule has 1 aromatic rings. The first-order valence-corrected chi connectivity index (χ1v) is 4.63. The van der Waals surface area contributed by atoms with E-state index >= 15 is 0 Å². The Morgan fingerprint density at radius 1 is 1.55 bits per heavy atom. The molecule has 11 heavy (non-hydrogen) atoms. The number of hydrogen-bond donors (Lipinski definition) is 2. The van der Waals surface area contributed by atoms with Gasteiger partial charge >= 0.3 is 0 Å². The predicted molar refractivity (Wildman–Crippen MR) is 45.8 cm³/mol. The lowest BCUT2D eigenvalue weighted by atomic mass is 9.88. The molecule has 60 valence electrons. The molecule has 2 rings (SSSR count). The van der Waals surface area contributed by atoms with Gasteiger partial charge in [0.05, 0.1) is 0 Å². The van der Waals surface area contributed by atoms with Crippen molar-refractivity contribution in [3.63, 3.8) is 0 Å². The molecule has 2 heterocycles. The summed E-state index contributed by atoms with van der Waals surface area (Å²) in [6, 6.07) is 0. The third kappa shape index (κ3) is 1.00. The van der Waals surface area contributed by atoms with E-state index < -0.39 is 5.60 Å². The topological polar surface area (TPSA) is 32.3 Å². The van der Waals surface area contributed by atoms with Crippen LogP contribution in [-0.4, -0.2) is 18.2 Å². The van der Waals surface area contributed by atoms with Crippen molar-refractivity contribution in [2.45, 2.75) is 12.5 Å². The molecule has 1 fully saturated rings. The summed E-state index contributed by atoms with van der Waals surface area (Å²) in [5.41, 5.74) is 1.74. The summed E-state index contributed by atoms with van der Waals surface area (Å²) in [4.78, 5) is 0. The Bertz CT molecular complexity index is 265. The van der Waals surface area contributed by atoms with E-state index in [1.54, 1.807) is 11.3 Å². The monoisotopic (exact) mass is 169 g/mol. The van der Waals surface area contributed by atoms with Crippen LogP contribution in [0.5, 0.6) is 0 Å². The molecular formula is C8H11NOS. The highest BCUT2D eigenvalue weighted by molar-refractivity contribution is 7.08. The molecule has 0 spiro atoms. The fourth-order valence-electron chi connectivity index (χ4n) is 1.39. The SMILES string of the molecule is Cc1cscc1C1(O)CNC1. The van der Waals surface area contributed by atoms with Crippen LogP contribution >= 0.6 is 11.3 Å². The summed E-state index contributed by atoms with van der Waals surface area (Å²) >= 11 is 1.65. The Morgan fingerprint density at radius 3 is 2.64 bits per heavy atom. The van der Waals surface area contributed by atoms with Gasteiger partial charge in [0, 0.05) is 13.1 Å². The molecule has 0 radical (unpaired) electrons. The maximum Gasteiger partial charge on any atom is 0.115 e. The van der Waals surface area contributed by atoms with Crippen LogP contribution in [0.3, 0.4) is 0 Å². The van der Waals surface area contributed by atoms with E-state index in [1.807, 2.05) is 12.3 Å². The van der Waals surface area contributed by atoms with E-state index in [0.717, 1.165) is 5.56 Å². The van der Waals surface area contributed by atoms with Gasteiger partial charge in [0.2, 0.25) is 0 Å². The van der Waals surface area contributed by atoms with Crippen LogP contribution in [0.2, 0.25) is 0 Å². The van der Waals surface area contributed by atoms with Gasteiger partial charge in [-0.05, 0) is 28.8 Å². The zero-order chi connectivity index (χ0) is 7.90. The zero-order valence-electron chi connectivity index (χ0n) is 6.42. The van der Waals surface area contributed by atoms with Crippen LogP contribution < -0.4 is 5.32 Å². The molecule has 2 N–H and O–H groups in total. The third-order valence-electron chi connectivity index (χ3n) is 2.19. The number of nitrogens with one attached hydrogen (secondary N) is 1. The quantitative estimate of drug-likeness (QED) is 0.653. The molecule has 1 aliphatic heterocycles. The van der Waals surface area contributed by atoms with Gasteiger partial charge in [-0.25, -0.2) is 0 Å². The van der Waals surface area contributed by atoms with Crippen LogP contribution in [0.1, 0.15) is 11.1 Å². The van der Waals surface area contributed by atoms with Crippen LogP contribution in [0, 0.1) is 6.92 Å². The van der Waals surface area contributed by atoms with Crippen LogP contribution in [0.4, 0.5) is 0 Å². The summed E-state index contributed by atoms with van der Waals surface area (Å²) < 4.78 is 0. The Hall–Kier alpha value is -0.380. The molecule has 1 aliphatic rings. The molecule has 0 aromatic carbocycles. The van der Waals surface area contributed by atoms with E-state index in [1.165, 1.54) is 5.56 Å². The standard InChI is InChI=1S/C8H11NOS/c1-6-2-11-3-7(6)8(10)4-9-5-8/h2-3,9-10H,4-5H2,1H3. The van der Waals surface area contributed by atoms with Gasteiger partial charge < -0.3 is 10.4 Å². The molecule has 0 bridgehead atoms. The minimum atomic E-state index is -0.565. The maximum atomic E-state index is 9.90. The van der Waals surface area contributed by atoms with Gasteiger partial charge in [-0.15, -0.1) is 0 Å². The first-order valence-electron chi connectivity index (χ1n) is 3.69. The average Bonchev–Trinajstić information content (AvgIpc) is 2.30. The second-order valence-electron chi connectivity index (χ2n) is 3.10. The van der Waals surface area contributed by atoms with Crippen molar-refractivity contribution in [1.82, 2.24) is 5.32 Å². The lowest BCUT2D eigenvalue weighted by molar-refractivity contribution is -0.0147. The summed E-state index contributed by atoms with van der Waals surface area (Å²) in [6.07, 6.45) is 0. The van der Waals surface area contributed by atoms with Crippen molar-refractivity contribution >= 4 is 11.3 Å². The number of hydrogen-bond acceptors (Lipinski definition) is 3. The van der Waals surface area contributed by atoms with Crippen molar-refractivity contribution in [1.29, 1.82) is 0 Å². The molecule has 1 saturated heterocycles. The third-order valence-corrected chi connectivity index (χ3v) is 3.05. The van der Waals surface area contributed by atoms with Crippen molar-refractivity contribution < 1.29 is 5.11 Å². The molecule has 0 aliphatic carbocycles. The first kappa shape index (κ1) is 7.28. The van der Waals surface area contributed by atoms with Crippen molar-refractivity contribution in [3.05, 3.63) is 21.9 Å². The molecule has 2 nitrogen and oxygen atoms in total. The Morgan fingerprint density at radius 2 is 2.27 bits per heavy atom. The van der Waals surface area contributed by atoms with Gasteiger partial charge in [0.25, 0.3) is 0 Å². The van der Waals surface area contributed by atoms with Crippen LogP contribution in [-0.2, 0) is 5.60 Å². The van der Waals surface area contributed by atoms with Gasteiger partial charge in [-0.2, -0.15) is 11.3 Å². The number of thiophene rings is 1. The van der Waals surface area contributed by atoms with Gasteiger partial charge in [-0.1, -0.05) is 0 Å². The van der Waals surface area contributed by atoms with E-state index in [0.29, 0.717) is 13.1 Å². The normalized spacial score (nSPS) is 21.3. The van der Waals surface area contributed by atoms with E-state index in [2.05, 4.69) is 10.7 Å². The van der Waals surface area contributed by atoms with Crippen molar-refractivity contribution in [2.75, 3.05) is 13.1 Å². The predicted octanol–water partition coefficient (Wildman–Crippen LogP) is 0.847. The Labute approximate surface area is 69.9 Å². The number of aliphatic hydroxyl groups is 1. The maximum absolute atomic E-state index is 9.90. The molecule has 0 saturated carbocycles. The number of β-amino-alcohol motifs (C(OH)–C–C–N with tert-alkyl or cyclic N) is 1. The van der Waals surface area contributed by atoms with Crippen molar-refractivity contribution in [3.8, 4) is 0 Å². The fourth-order valence-corrected chi connectivity index (χ4v) is 2.33. The molecular weight excluding hydrogens is 158 g/mol. The van der Waals surface area contributed by atoms with E-state index in [-0.39, 0.29) is 0 Å². The molecule has 1 aromatic heterocycles. The largest absolute Gasteiger partial charge is 0.382 e. The van der Waals surface area contributed by atoms with Gasteiger partial charge in [0.1, 0.15) is 5.60 Å². The molecule has 0 amide bonds. The smallest absolute Gasteiger partial charge is 0.115 e. The summed E-state index contributed by atoms with van der Waals surface area (Å²) in [5.74, 6) is 0. The molecule has 0 atom stereocenters. The Balaban J connectivity index is 2.35. The summed E-state index contributed by atoms with van der Waals surface area (Å²) in [6.45, 7) is 3.44. The Kier molecular flexibility index (Phi) is 1.52. The molecule has 3 heteroatoms. The van der Waals surface area contributed by atoms with Crippen LogP contribution in [0.25, 0.3) is 0 Å². The summed E-state index contributed by atoms with van der Waals surface area (Å²) in [7, 11) is 0. The molecule has 0 unspecified atom stereocenters. The highest BCUT2D eigenvalue weighted by Crippen LogP contribution is 2.30. The first-order chi connectivity index (χ1) is 5.22. The number of aryl methyl sites for hydroxylation is 1. The average molecular weight is 169 g/mol. The minimum Gasteiger partial charge on any atom is -0.382 e. The highest BCUT2D eigenvalue weighted by Gasteiger charge is 2.37. The second-order valence-corrected chi connectivity index (χ2v) is 3.85. The lowest BCUT2D eigenvalue weighted by Crippen LogP contribution is -2.56. The van der Waals surface area contributed by atoms with Crippen molar-refractivity contribution in [2.24, 2.45) is 0 Å². The second kappa shape index (κ2) is 2.30. The van der Waals surface area contributed by atoms with Gasteiger partial charge in [0.15, 0.2) is 0 Å². The van der Waals surface area contributed by atoms with Crippen LogP contribution in [0.15, 0.2) is 10.8 Å². The van der Waals surface area contributed by atoms with E-state index in [4.69, 9.17) is 0 Å². The minimum absolute atomic E-state index is 0.565. The fraction of sp³-hybridized carbons (Fsp3) is 0.500. The highest BCUT2D eigenvalue weighted by atomic mass is 32.1. The summed E-state index contributed by atoms with van der Waals surface area (Å²) in [5, 5.41) is 17.1. The van der Waals surface area contributed by atoms with Gasteiger partial charge in [-0.3, -0.25) is 0 Å².